The molecule has 0 bridgehead atoms. The highest BCUT2D eigenvalue weighted by Crippen LogP contribution is 2.07. The molecular formula is C10H17N3O. The maximum Gasteiger partial charge on any atom is 0.127 e. The van der Waals surface area contributed by atoms with Crippen molar-refractivity contribution >= 4 is 11.5 Å². The third-order valence-electron chi connectivity index (χ3n) is 1.76. The number of nitrogen functional groups attached to an aromatic ring is 1. The van der Waals surface area contributed by atoms with E-state index in [0.717, 1.165) is 37.7 Å². The molecule has 1 aromatic rings. The lowest BCUT2D eigenvalue weighted by molar-refractivity contribution is 0.147. The number of aromatic nitrogens is 1. The standard InChI is InChI=1S/C10H17N3O/c1-2-14-7-3-5-12-10-8-9(11)4-6-13-10/h4,6,8H,2-3,5,7H2,1H3,(H3,11,12,13). The average Bonchev–Trinajstić information content (AvgIpc) is 2.18. The summed E-state index contributed by atoms with van der Waals surface area (Å²) >= 11 is 0. The van der Waals surface area contributed by atoms with Crippen LogP contribution in [-0.2, 0) is 4.74 Å². The number of hydrogen-bond donors (Lipinski definition) is 2. The predicted octanol–water partition coefficient (Wildman–Crippen LogP) is 1.50. The van der Waals surface area contributed by atoms with Gasteiger partial charge in [0, 0.05) is 37.7 Å². The van der Waals surface area contributed by atoms with E-state index in [-0.39, 0.29) is 0 Å². The summed E-state index contributed by atoms with van der Waals surface area (Å²) in [4.78, 5) is 4.13. The highest BCUT2D eigenvalue weighted by Gasteiger charge is 1.93. The van der Waals surface area contributed by atoms with Gasteiger partial charge in [0.15, 0.2) is 0 Å². The maximum absolute atomic E-state index is 5.61. The Hall–Kier alpha value is -1.29. The number of anilines is 2. The molecule has 0 aliphatic carbocycles. The molecule has 1 heterocycles. The minimum absolute atomic E-state index is 0.729. The molecule has 4 nitrogen and oxygen atoms in total. The Morgan fingerprint density at radius 3 is 3.14 bits per heavy atom. The zero-order valence-corrected chi connectivity index (χ0v) is 8.49. The molecule has 0 fully saturated rings. The van der Waals surface area contributed by atoms with Gasteiger partial charge in [0.1, 0.15) is 5.82 Å². The van der Waals surface area contributed by atoms with Crippen LogP contribution in [0.25, 0.3) is 0 Å². The van der Waals surface area contributed by atoms with Gasteiger partial charge in [-0.05, 0) is 19.4 Å². The molecule has 0 spiro atoms. The van der Waals surface area contributed by atoms with E-state index in [9.17, 15) is 0 Å². The van der Waals surface area contributed by atoms with E-state index in [1.165, 1.54) is 0 Å². The fourth-order valence-electron chi connectivity index (χ4n) is 1.08. The normalized spacial score (nSPS) is 10.1. The van der Waals surface area contributed by atoms with Crippen LogP contribution in [0.5, 0.6) is 0 Å². The molecule has 0 aliphatic rings. The number of nitrogens with zero attached hydrogens (tertiary/aromatic N) is 1. The molecule has 0 aliphatic heterocycles. The summed E-state index contributed by atoms with van der Waals surface area (Å²) in [5.74, 6) is 0.821. The number of hydrogen-bond acceptors (Lipinski definition) is 4. The van der Waals surface area contributed by atoms with E-state index in [1.807, 2.05) is 13.0 Å². The van der Waals surface area contributed by atoms with Gasteiger partial charge >= 0.3 is 0 Å². The van der Waals surface area contributed by atoms with Crippen molar-refractivity contribution in [2.24, 2.45) is 0 Å². The van der Waals surface area contributed by atoms with Gasteiger partial charge in [-0.25, -0.2) is 4.98 Å². The van der Waals surface area contributed by atoms with Crippen molar-refractivity contribution in [2.45, 2.75) is 13.3 Å². The first kappa shape index (κ1) is 10.8. The van der Waals surface area contributed by atoms with Crippen LogP contribution in [0.4, 0.5) is 11.5 Å². The van der Waals surface area contributed by atoms with Gasteiger partial charge in [-0.15, -0.1) is 0 Å². The van der Waals surface area contributed by atoms with Crippen LogP contribution >= 0.6 is 0 Å². The SMILES string of the molecule is CCOCCCNc1cc(N)ccn1. The van der Waals surface area contributed by atoms with Crippen LogP contribution in [0.1, 0.15) is 13.3 Å². The molecule has 3 N–H and O–H groups in total. The second-order valence-electron chi connectivity index (χ2n) is 2.95. The summed E-state index contributed by atoms with van der Waals surface area (Å²) in [5, 5.41) is 3.17. The first-order valence-corrected chi connectivity index (χ1v) is 4.86. The highest BCUT2D eigenvalue weighted by atomic mass is 16.5. The highest BCUT2D eigenvalue weighted by molar-refractivity contribution is 5.48. The van der Waals surface area contributed by atoms with Crippen LogP contribution in [0.2, 0.25) is 0 Å². The van der Waals surface area contributed by atoms with Crippen molar-refractivity contribution in [1.82, 2.24) is 4.98 Å². The van der Waals surface area contributed by atoms with Crippen LogP contribution in [0.3, 0.4) is 0 Å². The maximum atomic E-state index is 5.61. The van der Waals surface area contributed by atoms with Crippen LogP contribution in [0, 0.1) is 0 Å². The third-order valence-corrected chi connectivity index (χ3v) is 1.76. The van der Waals surface area contributed by atoms with E-state index in [2.05, 4.69) is 10.3 Å². The molecular weight excluding hydrogens is 178 g/mol. The molecule has 0 saturated heterocycles. The molecule has 0 unspecified atom stereocenters. The summed E-state index contributed by atoms with van der Waals surface area (Å²) in [6, 6.07) is 3.59. The number of rotatable bonds is 6. The molecule has 0 aromatic carbocycles. The molecule has 0 atom stereocenters. The molecule has 14 heavy (non-hydrogen) atoms. The predicted molar refractivity (Wildman–Crippen MR) is 58.2 cm³/mol. The lowest BCUT2D eigenvalue weighted by Crippen LogP contribution is -2.06. The van der Waals surface area contributed by atoms with E-state index in [0.29, 0.717) is 0 Å². The lowest BCUT2D eigenvalue weighted by Gasteiger charge is -2.05. The van der Waals surface area contributed by atoms with Gasteiger partial charge in [0.2, 0.25) is 0 Å². The molecule has 0 radical (unpaired) electrons. The van der Waals surface area contributed by atoms with Crippen molar-refractivity contribution in [3.8, 4) is 0 Å². The van der Waals surface area contributed by atoms with Gasteiger partial charge in [0.05, 0.1) is 0 Å². The Bertz CT molecular complexity index is 265. The number of ether oxygens (including phenoxy) is 1. The van der Waals surface area contributed by atoms with Crippen LogP contribution in [-0.4, -0.2) is 24.7 Å². The topological polar surface area (TPSA) is 60.2 Å². The van der Waals surface area contributed by atoms with Gasteiger partial charge < -0.3 is 15.8 Å². The zero-order chi connectivity index (χ0) is 10.2. The Kier molecular flexibility index (Phi) is 4.78. The fraction of sp³-hybridized carbons (Fsp3) is 0.500. The number of nitrogens with two attached hydrogens (primary N) is 1. The summed E-state index contributed by atoms with van der Waals surface area (Å²) in [6.07, 6.45) is 2.67. The quantitative estimate of drug-likeness (QED) is 0.675. The lowest BCUT2D eigenvalue weighted by atomic mass is 10.4. The van der Waals surface area contributed by atoms with Crippen molar-refractivity contribution in [3.63, 3.8) is 0 Å². The molecule has 1 rings (SSSR count). The minimum Gasteiger partial charge on any atom is -0.399 e. The fourth-order valence-corrected chi connectivity index (χ4v) is 1.08. The van der Waals surface area contributed by atoms with Crippen LogP contribution < -0.4 is 11.1 Å². The Balaban J connectivity index is 2.18. The average molecular weight is 195 g/mol. The first-order valence-electron chi connectivity index (χ1n) is 4.86. The van der Waals surface area contributed by atoms with Gasteiger partial charge in [-0.3, -0.25) is 0 Å². The molecule has 4 heteroatoms. The summed E-state index contributed by atoms with van der Waals surface area (Å²) in [7, 11) is 0. The second kappa shape index (κ2) is 6.21. The van der Waals surface area contributed by atoms with Crippen LogP contribution in [0.15, 0.2) is 18.3 Å². The molecule has 1 aromatic heterocycles. The summed E-state index contributed by atoms with van der Waals surface area (Å²) < 4.78 is 5.21. The van der Waals surface area contributed by atoms with E-state index < -0.39 is 0 Å². The number of pyridine rings is 1. The van der Waals surface area contributed by atoms with Gasteiger partial charge in [-0.1, -0.05) is 0 Å². The minimum atomic E-state index is 0.729. The summed E-state index contributed by atoms with van der Waals surface area (Å²) in [6.45, 7) is 4.41. The Morgan fingerprint density at radius 1 is 1.57 bits per heavy atom. The monoisotopic (exact) mass is 195 g/mol. The smallest absolute Gasteiger partial charge is 0.127 e. The summed E-state index contributed by atoms with van der Waals surface area (Å²) in [5.41, 5.74) is 6.33. The van der Waals surface area contributed by atoms with Crippen molar-refractivity contribution < 1.29 is 4.74 Å². The second-order valence-corrected chi connectivity index (χ2v) is 2.95. The zero-order valence-electron chi connectivity index (χ0n) is 8.49. The first-order chi connectivity index (χ1) is 6.83. The van der Waals surface area contributed by atoms with Gasteiger partial charge in [0.25, 0.3) is 0 Å². The largest absolute Gasteiger partial charge is 0.399 e. The number of nitrogens with one attached hydrogen (secondary N) is 1. The Labute approximate surface area is 84.5 Å². The van der Waals surface area contributed by atoms with Crippen molar-refractivity contribution in [3.05, 3.63) is 18.3 Å². The van der Waals surface area contributed by atoms with Crippen molar-refractivity contribution in [1.29, 1.82) is 0 Å². The van der Waals surface area contributed by atoms with E-state index in [1.54, 1.807) is 12.3 Å². The Morgan fingerprint density at radius 2 is 2.43 bits per heavy atom. The molecule has 0 saturated carbocycles. The molecule has 78 valence electrons. The van der Waals surface area contributed by atoms with E-state index in [4.69, 9.17) is 10.5 Å². The van der Waals surface area contributed by atoms with Crippen molar-refractivity contribution in [2.75, 3.05) is 30.8 Å². The molecule has 0 amide bonds. The third kappa shape index (κ3) is 4.09. The van der Waals surface area contributed by atoms with Gasteiger partial charge in [-0.2, -0.15) is 0 Å². The van der Waals surface area contributed by atoms with E-state index >= 15 is 0 Å².